The first-order valence-electron chi connectivity index (χ1n) is 6.58. The Balaban J connectivity index is 2.21. The average molecular weight is 264 g/mol. The monoisotopic (exact) mass is 264 g/mol. The molecule has 3 aromatic rings. The van der Waals surface area contributed by atoms with Crippen LogP contribution < -0.4 is 0 Å². The summed E-state index contributed by atoms with van der Waals surface area (Å²) in [6.45, 7) is 5.99. The zero-order chi connectivity index (χ0) is 14.1. The largest absolute Gasteiger partial charge is 0.251 e. The smallest absolute Gasteiger partial charge is 0.216 e. The molecule has 0 radical (unpaired) electrons. The van der Waals surface area contributed by atoms with E-state index in [2.05, 4.69) is 34.1 Å². The highest BCUT2D eigenvalue weighted by atomic mass is 15.3. The van der Waals surface area contributed by atoms with Crippen molar-refractivity contribution in [1.82, 2.24) is 19.7 Å². The Morgan fingerprint density at radius 1 is 0.900 bits per heavy atom. The molecule has 0 aliphatic carbocycles. The molecule has 100 valence electrons. The van der Waals surface area contributed by atoms with Gasteiger partial charge in [0, 0.05) is 17.0 Å². The van der Waals surface area contributed by atoms with Gasteiger partial charge in [-0.3, -0.25) is 0 Å². The van der Waals surface area contributed by atoms with E-state index in [1.165, 1.54) is 0 Å². The number of hydrogen-bond donors (Lipinski definition) is 0. The molecule has 0 saturated carbocycles. The average Bonchev–Trinajstić information content (AvgIpc) is 2.80. The molecule has 0 saturated heterocycles. The van der Waals surface area contributed by atoms with Gasteiger partial charge in [0.15, 0.2) is 0 Å². The minimum absolute atomic E-state index is 0.620. The van der Waals surface area contributed by atoms with E-state index >= 15 is 0 Å². The molecule has 0 spiro atoms. The summed E-state index contributed by atoms with van der Waals surface area (Å²) in [6.07, 6.45) is 1.85. The zero-order valence-corrected chi connectivity index (χ0v) is 11.8. The van der Waals surface area contributed by atoms with Crippen molar-refractivity contribution < 1.29 is 0 Å². The molecule has 2 heterocycles. The minimum atomic E-state index is 0.620. The molecule has 0 aliphatic rings. The van der Waals surface area contributed by atoms with E-state index in [0.717, 1.165) is 28.2 Å². The molecule has 0 N–H and O–H groups in total. The second kappa shape index (κ2) is 4.89. The first-order valence-corrected chi connectivity index (χ1v) is 6.58. The third-order valence-electron chi connectivity index (χ3n) is 3.16. The first kappa shape index (κ1) is 12.5. The quantitative estimate of drug-likeness (QED) is 0.713. The van der Waals surface area contributed by atoms with Gasteiger partial charge in [-0.05, 0) is 32.4 Å². The third kappa shape index (κ3) is 2.20. The molecule has 0 bridgehead atoms. The lowest BCUT2D eigenvalue weighted by molar-refractivity contribution is 0.800. The summed E-state index contributed by atoms with van der Waals surface area (Å²) in [5, 5.41) is 4.44. The van der Waals surface area contributed by atoms with Gasteiger partial charge in [-0.1, -0.05) is 30.3 Å². The fourth-order valence-corrected chi connectivity index (χ4v) is 2.33. The van der Waals surface area contributed by atoms with Crippen LogP contribution in [0.4, 0.5) is 0 Å². The molecule has 3 rings (SSSR count). The normalized spacial score (nSPS) is 10.8. The van der Waals surface area contributed by atoms with Crippen LogP contribution >= 0.6 is 0 Å². The van der Waals surface area contributed by atoms with Gasteiger partial charge in [-0.2, -0.15) is 9.78 Å². The van der Waals surface area contributed by atoms with Crippen molar-refractivity contribution in [1.29, 1.82) is 0 Å². The van der Waals surface area contributed by atoms with Crippen LogP contribution in [0.2, 0.25) is 0 Å². The molecule has 4 heteroatoms. The molecule has 20 heavy (non-hydrogen) atoms. The SMILES string of the molecule is Cc1cc(C)nc(-n2ncc(C)c2-c2ccccc2)n1. The predicted octanol–water partition coefficient (Wildman–Crippen LogP) is 3.25. The van der Waals surface area contributed by atoms with Crippen LogP contribution in [0.25, 0.3) is 17.2 Å². The van der Waals surface area contributed by atoms with Crippen molar-refractivity contribution >= 4 is 0 Å². The van der Waals surface area contributed by atoms with Gasteiger partial charge < -0.3 is 0 Å². The minimum Gasteiger partial charge on any atom is -0.216 e. The summed E-state index contributed by atoms with van der Waals surface area (Å²) in [5.41, 5.74) is 5.15. The van der Waals surface area contributed by atoms with Crippen LogP contribution in [0.1, 0.15) is 17.0 Å². The molecule has 0 aliphatic heterocycles. The highest BCUT2D eigenvalue weighted by Crippen LogP contribution is 2.24. The topological polar surface area (TPSA) is 43.6 Å². The highest BCUT2D eigenvalue weighted by molar-refractivity contribution is 5.64. The van der Waals surface area contributed by atoms with E-state index < -0.39 is 0 Å². The molecule has 0 unspecified atom stereocenters. The Hall–Kier alpha value is -2.49. The molecule has 2 aromatic heterocycles. The molecule has 4 nitrogen and oxygen atoms in total. The fourth-order valence-electron chi connectivity index (χ4n) is 2.33. The second-order valence-electron chi connectivity index (χ2n) is 4.90. The standard InChI is InChI=1S/C16H16N4/c1-11-10-17-20(15(11)14-7-5-4-6-8-14)16-18-12(2)9-13(3)19-16/h4-10H,1-3H3. The molecular weight excluding hydrogens is 248 g/mol. The lowest BCUT2D eigenvalue weighted by Crippen LogP contribution is -2.07. The first-order chi connectivity index (χ1) is 9.65. The maximum atomic E-state index is 4.49. The highest BCUT2D eigenvalue weighted by Gasteiger charge is 2.13. The van der Waals surface area contributed by atoms with E-state index in [0.29, 0.717) is 5.95 Å². The third-order valence-corrected chi connectivity index (χ3v) is 3.16. The van der Waals surface area contributed by atoms with Crippen molar-refractivity contribution in [2.45, 2.75) is 20.8 Å². The van der Waals surface area contributed by atoms with Gasteiger partial charge >= 0.3 is 0 Å². The number of hydrogen-bond acceptors (Lipinski definition) is 3. The van der Waals surface area contributed by atoms with Gasteiger partial charge in [0.2, 0.25) is 0 Å². The molecular formula is C16H16N4. The van der Waals surface area contributed by atoms with Gasteiger partial charge in [-0.25, -0.2) is 9.97 Å². The van der Waals surface area contributed by atoms with E-state index in [1.54, 1.807) is 0 Å². The van der Waals surface area contributed by atoms with E-state index in [4.69, 9.17) is 0 Å². The summed E-state index contributed by atoms with van der Waals surface area (Å²) in [4.78, 5) is 8.99. The van der Waals surface area contributed by atoms with Crippen LogP contribution in [0.15, 0.2) is 42.6 Å². The number of aromatic nitrogens is 4. The van der Waals surface area contributed by atoms with Crippen LogP contribution in [-0.2, 0) is 0 Å². The van der Waals surface area contributed by atoms with E-state index in [1.807, 2.05) is 49.0 Å². The summed E-state index contributed by atoms with van der Waals surface area (Å²) in [6, 6.07) is 12.2. The number of aryl methyl sites for hydroxylation is 3. The van der Waals surface area contributed by atoms with Crippen molar-refractivity contribution in [3.8, 4) is 17.2 Å². The summed E-state index contributed by atoms with van der Waals surface area (Å²) < 4.78 is 1.81. The second-order valence-corrected chi connectivity index (χ2v) is 4.90. The van der Waals surface area contributed by atoms with E-state index in [9.17, 15) is 0 Å². The Kier molecular flexibility index (Phi) is 3.06. The number of nitrogens with zero attached hydrogens (tertiary/aromatic N) is 4. The van der Waals surface area contributed by atoms with Crippen molar-refractivity contribution in [2.24, 2.45) is 0 Å². The number of rotatable bonds is 2. The maximum Gasteiger partial charge on any atom is 0.251 e. The van der Waals surface area contributed by atoms with Gasteiger partial charge in [0.25, 0.3) is 5.95 Å². The molecule has 1 aromatic carbocycles. The van der Waals surface area contributed by atoms with Crippen molar-refractivity contribution in [3.05, 3.63) is 59.5 Å². The Morgan fingerprint density at radius 2 is 1.55 bits per heavy atom. The van der Waals surface area contributed by atoms with Crippen LogP contribution in [0.3, 0.4) is 0 Å². The van der Waals surface area contributed by atoms with Gasteiger partial charge in [-0.15, -0.1) is 0 Å². The summed E-state index contributed by atoms with van der Waals surface area (Å²) >= 11 is 0. The summed E-state index contributed by atoms with van der Waals surface area (Å²) in [5.74, 6) is 0.620. The van der Waals surface area contributed by atoms with Gasteiger partial charge in [0.05, 0.1) is 11.9 Å². The zero-order valence-electron chi connectivity index (χ0n) is 11.8. The van der Waals surface area contributed by atoms with Crippen molar-refractivity contribution in [3.63, 3.8) is 0 Å². The molecule has 0 amide bonds. The predicted molar refractivity (Wildman–Crippen MR) is 78.8 cm³/mol. The Bertz CT molecular complexity index is 724. The summed E-state index contributed by atoms with van der Waals surface area (Å²) in [7, 11) is 0. The Morgan fingerprint density at radius 3 is 2.20 bits per heavy atom. The van der Waals surface area contributed by atoms with Crippen molar-refractivity contribution in [2.75, 3.05) is 0 Å². The molecule has 0 atom stereocenters. The fraction of sp³-hybridized carbons (Fsp3) is 0.188. The van der Waals surface area contributed by atoms with Crippen LogP contribution in [0.5, 0.6) is 0 Å². The lowest BCUT2D eigenvalue weighted by Gasteiger charge is -2.08. The van der Waals surface area contributed by atoms with Crippen LogP contribution in [0, 0.1) is 20.8 Å². The Labute approximate surface area is 118 Å². The van der Waals surface area contributed by atoms with Gasteiger partial charge in [0.1, 0.15) is 0 Å². The molecule has 0 fully saturated rings. The van der Waals surface area contributed by atoms with Crippen LogP contribution in [-0.4, -0.2) is 19.7 Å². The maximum absolute atomic E-state index is 4.49. The lowest BCUT2D eigenvalue weighted by atomic mass is 10.1. The van der Waals surface area contributed by atoms with E-state index in [-0.39, 0.29) is 0 Å². The number of benzene rings is 1.